The van der Waals surface area contributed by atoms with Gasteiger partial charge in [0.05, 0.1) is 0 Å². The molecule has 0 amide bonds. The Labute approximate surface area is 132 Å². The Morgan fingerprint density at radius 2 is 2.14 bits per heavy atom. The van der Waals surface area contributed by atoms with E-state index in [-0.39, 0.29) is 0 Å². The van der Waals surface area contributed by atoms with Crippen LogP contribution < -0.4 is 10.6 Å². The van der Waals surface area contributed by atoms with E-state index in [1.807, 2.05) is 7.05 Å². The van der Waals surface area contributed by atoms with Crippen LogP contribution >= 0.6 is 11.3 Å². The van der Waals surface area contributed by atoms with E-state index in [0.717, 1.165) is 19.0 Å². The van der Waals surface area contributed by atoms with E-state index in [9.17, 15) is 0 Å². The standard InChI is InChI=1S/C16H28N4S/c1-14(12-20-7-4-3-5-8-20)10-18-16(17-2)19-11-15-6-9-21-13-15/h6,9,13-14H,3-5,7-8,10-12H2,1-2H3,(H2,17,18,19). The van der Waals surface area contributed by atoms with E-state index in [0.29, 0.717) is 5.92 Å². The Morgan fingerprint density at radius 1 is 1.33 bits per heavy atom. The second kappa shape index (κ2) is 9.05. The summed E-state index contributed by atoms with van der Waals surface area (Å²) in [5, 5.41) is 11.1. The van der Waals surface area contributed by atoms with E-state index in [2.05, 4.69) is 44.3 Å². The Bertz CT molecular complexity index is 410. The van der Waals surface area contributed by atoms with Gasteiger partial charge in [0.15, 0.2) is 5.96 Å². The number of hydrogen-bond acceptors (Lipinski definition) is 3. The van der Waals surface area contributed by atoms with Crippen LogP contribution in [0, 0.1) is 5.92 Å². The van der Waals surface area contributed by atoms with Gasteiger partial charge in [-0.2, -0.15) is 11.3 Å². The van der Waals surface area contributed by atoms with Crippen molar-refractivity contribution in [1.82, 2.24) is 15.5 Å². The molecule has 1 aromatic rings. The molecule has 2 N–H and O–H groups in total. The van der Waals surface area contributed by atoms with Crippen molar-refractivity contribution < 1.29 is 0 Å². The molecule has 118 valence electrons. The van der Waals surface area contributed by atoms with Gasteiger partial charge in [0.1, 0.15) is 0 Å². The fraction of sp³-hybridized carbons (Fsp3) is 0.688. The quantitative estimate of drug-likeness (QED) is 0.627. The monoisotopic (exact) mass is 308 g/mol. The first kappa shape index (κ1) is 16.3. The highest BCUT2D eigenvalue weighted by Gasteiger charge is 2.13. The van der Waals surface area contributed by atoms with Crippen molar-refractivity contribution in [3.63, 3.8) is 0 Å². The summed E-state index contributed by atoms with van der Waals surface area (Å²) in [7, 11) is 1.83. The van der Waals surface area contributed by atoms with Gasteiger partial charge in [0, 0.05) is 26.7 Å². The van der Waals surface area contributed by atoms with Crippen molar-refractivity contribution in [3.8, 4) is 0 Å². The molecular weight excluding hydrogens is 280 g/mol. The highest BCUT2D eigenvalue weighted by molar-refractivity contribution is 7.07. The van der Waals surface area contributed by atoms with E-state index >= 15 is 0 Å². The normalized spacial score (nSPS) is 18.5. The van der Waals surface area contributed by atoms with Crippen LogP contribution in [0.1, 0.15) is 31.7 Å². The van der Waals surface area contributed by atoms with Gasteiger partial charge in [0.2, 0.25) is 0 Å². The lowest BCUT2D eigenvalue weighted by atomic mass is 10.1. The lowest BCUT2D eigenvalue weighted by Crippen LogP contribution is -2.42. The van der Waals surface area contributed by atoms with Gasteiger partial charge < -0.3 is 15.5 Å². The maximum absolute atomic E-state index is 4.29. The predicted molar refractivity (Wildman–Crippen MR) is 92.0 cm³/mol. The van der Waals surface area contributed by atoms with Gasteiger partial charge in [-0.05, 0) is 54.2 Å². The molecule has 0 aliphatic carbocycles. The lowest BCUT2D eigenvalue weighted by Gasteiger charge is -2.29. The molecule has 1 fully saturated rings. The number of piperidine rings is 1. The van der Waals surface area contributed by atoms with Gasteiger partial charge in [-0.15, -0.1) is 0 Å². The van der Waals surface area contributed by atoms with Crippen LogP contribution in [0.2, 0.25) is 0 Å². The molecule has 1 atom stereocenters. The Balaban J connectivity index is 1.64. The molecule has 0 saturated carbocycles. The number of likely N-dealkylation sites (tertiary alicyclic amines) is 1. The van der Waals surface area contributed by atoms with E-state index in [1.165, 1.54) is 44.5 Å². The van der Waals surface area contributed by atoms with Crippen molar-refractivity contribution in [2.75, 3.05) is 33.2 Å². The Hall–Kier alpha value is -1.07. The molecule has 21 heavy (non-hydrogen) atoms. The predicted octanol–water partition coefficient (Wildman–Crippen LogP) is 2.54. The van der Waals surface area contributed by atoms with Crippen molar-refractivity contribution in [3.05, 3.63) is 22.4 Å². The summed E-state index contributed by atoms with van der Waals surface area (Å²) in [6, 6.07) is 2.14. The van der Waals surface area contributed by atoms with Crippen LogP contribution in [0.5, 0.6) is 0 Å². The summed E-state index contributed by atoms with van der Waals surface area (Å²) >= 11 is 1.73. The van der Waals surface area contributed by atoms with E-state index in [4.69, 9.17) is 0 Å². The van der Waals surface area contributed by atoms with Gasteiger partial charge in [-0.3, -0.25) is 4.99 Å². The SMILES string of the molecule is CN=C(NCc1ccsc1)NCC(C)CN1CCCCC1. The fourth-order valence-electron chi connectivity index (χ4n) is 2.72. The average Bonchev–Trinajstić information content (AvgIpc) is 3.02. The Kier molecular flexibility index (Phi) is 7.03. The summed E-state index contributed by atoms with van der Waals surface area (Å²) < 4.78 is 0. The number of thiophene rings is 1. The second-order valence-electron chi connectivity index (χ2n) is 5.90. The minimum absolute atomic E-state index is 0.641. The topological polar surface area (TPSA) is 39.7 Å². The number of aliphatic imine (C=N–C) groups is 1. The lowest BCUT2D eigenvalue weighted by molar-refractivity contribution is 0.201. The highest BCUT2D eigenvalue weighted by atomic mass is 32.1. The smallest absolute Gasteiger partial charge is 0.191 e. The third kappa shape index (κ3) is 6.06. The van der Waals surface area contributed by atoms with Crippen LogP contribution in [0.3, 0.4) is 0 Å². The summed E-state index contributed by atoms with van der Waals surface area (Å²) in [6.07, 6.45) is 4.14. The maximum atomic E-state index is 4.29. The molecule has 0 aromatic carbocycles. The first-order valence-corrected chi connectivity index (χ1v) is 8.90. The van der Waals surface area contributed by atoms with Crippen molar-refractivity contribution in [2.45, 2.75) is 32.7 Å². The second-order valence-corrected chi connectivity index (χ2v) is 6.68. The summed E-state index contributed by atoms with van der Waals surface area (Å²) in [5.41, 5.74) is 1.31. The van der Waals surface area contributed by atoms with Crippen LogP contribution in [0.25, 0.3) is 0 Å². The number of nitrogens with zero attached hydrogens (tertiary/aromatic N) is 2. The van der Waals surface area contributed by atoms with Crippen LogP contribution in [0.4, 0.5) is 0 Å². The van der Waals surface area contributed by atoms with Crippen molar-refractivity contribution >= 4 is 17.3 Å². The van der Waals surface area contributed by atoms with Crippen molar-refractivity contribution in [2.24, 2.45) is 10.9 Å². The zero-order chi connectivity index (χ0) is 14.9. The molecule has 0 spiro atoms. The minimum atomic E-state index is 0.641. The third-order valence-corrected chi connectivity index (χ3v) is 4.63. The maximum Gasteiger partial charge on any atom is 0.191 e. The first-order chi connectivity index (χ1) is 10.3. The molecule has 1 saturated heterocycles. The third-order valence-electron chi connectivity index (χ3n) is 3.90. The molecule has 5 heteroatoms. The number of rotatable bonds is 6. The fourth-order valence-corrected chi connectivity index (χ4v) is 3.39. The van der Waals surface area contributed by atoms with Gasteiger partial charge in [-0.25, -0.2) is 0 Å². The molecule has 2 rings (SSSR count). The largest absolute Gasteiger partial charge is 0.356 e. The highest BCUT2D eigenvalue weighted by Crippen LogP contribution is 2.10. The summed E-state index contributed by atoms with van der Waals surface area (Å²) in [4.78, 5) is 6.89. The Morgan fingerprint density at radius 3 is 2.81 bits per heavy atom. The molecule has 4 nitrogen and oxygen atoms in total. The zero-order valence-corrected chi connectivity index (χ0v) is 14.1. The van der Waals surface area contributed by atoms with Crippen LogP contribution in [0.15, 0.2) is 21.8 Å². The molecular formula is C16H28N4S. The van der Waals surface area contributed by atoms with Gasteiger partial charge in [0.25, 0.3) is 0 Å². The number of guanidine groups is 1. The molecule has 1 aliphatic heterocycles. The van der Waals surface area contributed by atoms with Crippen molar-refractivity contribution in [1.29, 1.82) is 0 Å². The molecule has 1 aliphatic rings. The molecule has 0 bridgehead atoms. The number of hydrogen-bond donors (Lipinski definition) is 2. The molecule has 0 radical (unpaired) electrons. The van der Waals surface area contributed by atoms with Gasteiger partial charge in [-0.1, -0.05) is 13.3 Å². The van der Waals surface area contributed by atoms with Gasteiger partial charge >= 0.3 is 0 Å². The van der Waals surface area contributed by atoms with Crippen LogP contribution in [-0.2, 0) is 6.54 Å². The van der Waals surface area contributed by atoms with Crippen LogP contribution in [-0.4, -0.2) is 44.1 Å². The van der Waals surface area contributed by atoms with E-state index in [1.54, 1.807) is 11.3 Å². The molecule has 1 unspecified atom stereocenters. The minimum Gasteiger partial charge on any atom is -0.356 e. The first-order valence-electron chi connectivity index (χ1n) is 7.96. The average molecular weight is 308 g/mol. The van der Waals surface area contributed by atoms with E-state index < -0.39 is 0 Å². The number of nitrogens with one attached hydrogen (secondary N) is 2. The zero-order valence-electron chi connectivity index (χ0n) is 13.3. The summed E-state index contributed by atoms with van der Waals surface area (Å²) in [6.45, 7) is 7.86. The summed E-state index contributed by atoms with van der Waals surface area (Å²) in [5.74, 6) is 1.54. The molecule has 1 aromatic heterocycles. The molecule has 2 heterocycles.